The molecular weight excluding hydrogens is 400 g/mol. The third-order valence-electron chi connectivity index (χ3n) is 5.75. The minimum absolute atomic E-state index is 0.0825. The van der Waals surface area contributed by atoms with Crippen LogP contribution in [-0.2, 0) is 4.74 Å². The van der Waals surface area contributed by atoms with E-state index in [9.17, 15) is 9.59 Å². The molecule has 1 atom stereocenters. The molecule has 0 saturated carbocycles. The molecule has 0 aromatic heterocycles. The zero-order valence-electron chi connectivity index (χ0n) is 19.3. The fourth-order valence-corrected chi connectivity index (χ4v) is 3.99. The number of ether oxygens (including phenoxy) is 1. The van der Waals surface area contributed by atoms with E-state index in [1.54, 1.807) is 11.0 Å². The summed E-state index contributed by atoms with van der Waals surface area (Å²) in [5.41, 5.74) is 2.23. The first-order chi connectivity index (χ1) is 15.2. The van der Waals surface area contributed by atoms with E-state index in [2.05, 4.69) is 24.0 Å². The highest BCUT2D eigenvalue weighted by Crippen LogP contribution is 2.29. The summed E-state index contributed by atoms with van der Waals surface area (Å²) in [4.78, 5) is 27.1. The molecule has 5 heteroatoms. The quantitative estimate of drug-likeness (QED) is 0.621. The second kappa shape index (κ2) is 10.5. The second-order valence-corrected chi connectivity index (χ2v) is 9.41. The number of benzene rings is 2. The van der Waals surface area contributed by atoms with Crippen LogP contribution in [0.2, 0.25) is 0 Å². The summed E-state index contributed by atoms with van der Waals surface area (Å²) < 4.78 is 5.50. The van der Waals surface area contributed by atoms with Gasteiger partial charge in [-0.05, 0) is 69.2 Å². The third-order valence-corrected chi connectivity index (χ3v) is 5.75. The van der Waals surface area contributed by atoms with Crippen molar-refractivity contribution in [2.24, 2.45) is 5.92 Å². The molecule has 1 heterocycles. The molecule has 3 rings (SSSR count). The Morgan fingerprint density at radius 2 is 1.72 bits per heavy atom. The molecule has 0 radical (unpaired) electrons. The smallest absolute Gasteiger partial charge is 0.410 e. The lowest BCUT2D eigenvalue weighted by Gasteiger charge is -2.35. The number of hydrogen-bond donors (Lipinski definition) is 1. The number of piperidine rings is 1. The SMILES string of the molecule is C=Cc1ccc(C(=O)NC(CC2CCN(C(=O)OC(C)(C)C)CC2)c2ccccc2)cc1. The number of nitrogens with zero attached hydrogens (tertiary/aromatic N) is 1. The lowest BCUT2D eigenvalue weighted by Crippen LogP contribution is -2.42. The van der Waals surface area contributed by atoms with Crippen LogP contribution in [0.25, 0.3) is 6.08 Å². The van der Waals surface area contributed by atoms with Crippen molar-refractivity contribution in [2.45, 2.75) is 51.7 Å². The Morgan fingerprint density at radius 3 is 2.28 bits per heavy atom. The van der Waals surface area contributed by atoms with E-state index in [4.69, 9.17) is 4.74 Å². The summed E-state index contributed by atoms with van der Waals surface area (Å²) in [7, 11) is 0. The molecule has 170 valence electrons. The zero-order valence-corrected chi connectivity index (χ0v) is 19.3. The average Bonchev–Trinajstić information content (AvgIpc) is 2.78. The fraction of sp³-hybridized carbons (Fsp3) is 0.407. The molecule has 1 N–H and O–H groups in total. The van der Waals surface area contributed by atoms with Crippen LogP contribution in [0.5, 0.6) is 0 Å². The molecule has 32 heavy (non-hydrogen) atoms. The minimum atomic E-state index is -0.486. The Hall–Kier alpha value is -3.08. The standard InChI is InChI=1S/C27H34N2O3/c1-5-20-11-13-23(14-12-20)25(30)28-24(22-9-7-6-8-10-22)19-21-15-17-29(18-16-21)26(31)32-27(2,3)4/h5-14,21,24H,1,15-19H2,2-4H3,(H,28,30). The number of carbonyl (C=O) groups is 2. The summed E-state index contributed by atoms with van der Waals surface area (Å²) in [6.07, 6.45) is 4.14. The molecule has 2 amide bonds. The first kappa shape index (κ1) is 23.6. The maximum absolute atomic E-state index is 12.9. The van der Waals surface area contributed by atoms with E-state index in [-0.39, 0.29) is 18.0 Å². The van der Waals surface area contributed by atoms with E-state index in [1.807, 2.05) is 63.2 Å². The first-order valence-electron chi connectivity index (χ1n) is 11.3. The number of amides is 2. The monoisotopic (exact) mass is 434 g/mol. The van der Waals surface area contributed by atoms with Crippen LogP contribution in [0.4, 0.5) is 4.79 Å². The topological polar surface area (TPSA) is 58.6 Å². The third kappa shape index (κ3) is 6.71. The van der Waals surface area contributed by atoms with Crippen molar-refractivity contribution in [3.05, 3.63) is 77.9 Å². The fourth-order valence-electron chi connectivity index (χ4n) is 3.99. The number of hydrogen-bond acceptors (Lipinski definition) is 3. The highest BCUT2D eigenvalue weighted by atomic mass is 16.6. The van der Waals surface area contributed by atoms with Gasteiger partial charge in [-0.3, -0.25) is 4.79 Å². The predicted octanol–water partition coefficient (Wildman–Crippen LogP) is 5.84. The second-order valence-electron chi connectivity index (χ2n) is 9.41. The van der Waals surface area contributed by atoms with Crippen LogP contribution < -0.4 is 5.32 Å². The Kier molecular flexibility index (Phi) is 7.73. The van der Waals surface area contributed by atoms with E-state index < -0.39 is 5.60 Å². The Morgan fingerprint density at radius 1 is 1.09 bits per heavy atom. The number of likely N-dealkylation sites (tertiary alicyclic amines) is 1. The van der Waals surface area contributed by atoms with Crippen molar-refractivity contribution in [3.8, 4) is 0 Å². The van der Waals surface area contributed by atoms with Crippen molar-refractivity contribution >= 4 is 18.1 Å². The Labute approximate surface area is 191 Å². The molecule has 1 aliphatic heterocycles. The molecule has 2 aromatic rings. The van der Waals surface area contributed by atoms with E-state index in [1.165, 1.54) is 0 Å². The average molecular weight is 435 g/mol. The van der Waals surface area contributed by atoms with Crippen molar-refractivity contribution in [1.82, 2.24) is 10.2 Å². The Balaban J connectivity index is 1.64. The lowest BCUT2D eigenvalue weighted by atomic mass is 9.87. The normalized spacial score (nSPS) is 15.7. The van der Waals surface area contributed by atoms with Crippen LogP contribution in [0.1, 0.15) is 67.6 Å². The van der Waals surface area contributed by atoms with Crippen molar-refractivity contribution < 1.29 is 14.3 Å². The lowest BCUT2D eigenvalue weighted by molar-refractivity contribution is 0.0178. The van der Waals surface area contributed by atoms with Gasteiger partial charge in [-0.2, -0.15) is 0 Å². The Bertz CT molecular complexity index is 908. The molecule has 2 aromatic carbocycles. The van der Waals surface area contributed by atoms with Gasteiger partial charge in [0.05, 0.1) is 6.04 Å². The van der Waals surface area contributed by atoms with Crippen LogP contribution in [0.15, 0.2) is 61.2 Å². The molecule has 0 spiro atoms. The van der Waals surface area contributed by atoms with Crippen molar-refractivity contribution in [1.29, 1.82) is 0 Å². The van der Waals surface area contributed by atoms with Gasteiger partial charge in [-0.25, -0.2) is 4.79 Å². The van der Waals surface area contributed by atoms with Gasteiger partial charge in [0.25, 0.3) is 5.91 Å². The van der Waals surface area contributed by atoms with Crippen LogP contribution >= 0.6 is 0 Å². The summed E-state index contributed by atoms with van der Waals surface area (Å²) in [5, 5.41) is 3.23. The van der Waals surface area contributed by atoms with Gasteiger partial charge in [-0.1, -0.05) is 55.1 Å². The molecule has 0 aliphatic carbocycles. The molecule has 1 fully saturated rings. The first-order valence-corrected chi connectivity index (χ1v) is 11.3. The number of rotatable bonds is 6. The summed E-state index contributed by atoms with van der Waals surface area (Å²) in [6, 6.07) is 17.5. The van der Waals surface area contributed by atoms with Crippen LogP contribution in [0.3, 0.4) is 0 Å². The molecule has 1 saturated heterocycles. The predicted molar refractivity (Wildman–Crippen MR) is 128 cm³/mol. The van der Waals surface area contributed by atoms with Gasteiger partial charge in [0.15, 0.2) is 0 Å². The zero-order chi connectivity index (χ0) is 23.1. The maximum atomic E-state index is 12.9. The van der Waals surface area contributed by atoms with Gasteiger partial charge in [0, 0.05) is 18.7 Å². The molecule has 5 nitrogen and oxygen atoms in total. The van der Waals surface area contributed by atoms with Crippen molar-refractivity contribution in [3.63, 3.8) is 0 Å². The molecular formula is C27H34N2O3. The van der Waals surface area contributed by atoms with E-state index in [0.717, 1.165) is 30.4 Å². The van der Waals surface area contributed by atoms with Gasteiger partial charge in [-0.15, -0.1) is 0 Å². The van der Waals surface area contributed by atoms with Gasteiger partial charge >= 0.3 is 6.09 Å². The highest BCUT2D eigenvalue weighted by molar-refractivity contribution is 5.94. The summed E-state index contributed by atoms with van der Waals surface area (Å²) in [6.45, 7) is 10.8. The minimum Gasteiger partial charge on any atom is -0.444 e. The van der Waals surface area contributed by atoms with E-state index in [0.29, 0.717) is 24.6 Å². The van der Waals surface area contributed by atoms with Crippen LogP contribution in [-0.4, -0.2) is 35.6 Å². The highest BCUT2D eigenvalue weighted by Gasteiger charge is 2.29. The summed E-state index contributed by atoms with van der Waals surface area (Å²) >= 11 is 0. The van der Waals surface area contributed by atoms with Crippen molar-refractivity contribution in [2.75, 3.05) is 13.1 Å². The summed E-state index contributed by atoms with van der Waals surface area (Å²) in [5.74, 6) is 0.336. The van der Waals surface area contributed by atoms with E-state index >= 15 is 0 Å². The van der Waals surface area contributed by atoms with Gasteiger partial charge in [0.1, 0.15) is 5.60 Å². The van der Waals surface area contributed by atoms with Crippen LogP contribution in [0, 0.1) is 5.92 Å². The van der Waals surface area contributed by atoms with Gasteiger partial charge in [0.2, 0.25) is 0 Å². The largest absolute Gasteiger partial charge is 0.444 e. The van der Waals surface area contributed by atoms with Gasteiger partial charge < -0.3 is 15.0 Å². The molecule has 1 aliphatic rings. The maximum Gasteiger partial charge on any atom is 0.410 e. The number of carbonyl (C=O) groups excluding carboxylic acids is 2. The molecule has 0 bridgehead atoms. The number of nitrogens with one attached hydrogen (secondary N) is 1. The molecule has 1 unspecified atom stereocenters.